The SMILES string of the molecule is O=C(O)[C@H]1CC[C@@](O)(C(F)(F)F)CC1. The third-order valence-electron chi connectivity index (χ3n) is 2.69. The van der Waals surface area contributed by atoms with E-state index >= 15 is 0 Å². The van der Waals surface area contributed by atoms with Crippen molar-refractivity contribution < 1.29 is 28.2 Å². The van der Waals surface area contributed by atoms with Crippen molar-refractivity contribution in [2.24, 2.45) is 5.92 Å². The van der Waals surface area contributed by atoms with E-state index in [0.29, 0.717) is 0 Å². The summed E-state index contributed by atoms with van der Waals surface area (Å²) in [4.78, 5) is 10.5. The molecule has 0 unspecified atom stereocenters. The predicted molar refractivity (Wildman–Crippen MR) is 40.6 cm³/mol. The second-order valence-electron chi connectivity index (χ2n) is 3.64. The predicted octanol–water partition coefficient (Wildman–Crippen LogP) is 1.55. The first kappa shape index (κ1) is 11.3. The van der Waals surface area contributed by atoms with Gasteiger partial charge in [-0.1, -0.05) is 0 Å². The topological polar surface area (TPSA) is 57.5 Å². The van der Waals surface area contributed by atoms with Crippen molar-refractivity contribution in [3.05, 3.63) is 0 Å². The number of aliphatic hydroxyl groups is 1. The van der Waals surface area contributed by atoms with E-state index in [9.17, 15) is 23.1 Å². The van der Waals surface area contributed by atoms with Crippen molar-refractivity contribution in [3.63, 3.8) is 0 Å². The van der Waals surface area contributed by atoms with Crippen LogP contribution in [0.2, 0.25) is 0 Å². The van der Waals surface area contributed by atoms with E-state index in [1.54, 1.807) is 0 Å². The Bertz CT molecular complexity index is 228. The number of hydrogen-bond acceptors (Lipinski definition) is 2. The minimum absolute atomic E-state index is 0.120. The summed E-state index contributed by atoms with van der Waals surface area (Å²) in [6.07, 6.45) is -5.94. The lowest BCUT2D eigenvalue weighted by molar-refractivity contribution is -0.271. The highest BCUT2D eigenvalue weighted by molar-refractivity contribution is 5.70. The molecule has 6 heteroatoms. The van der Waals surface area contributed by atoms with Crippen LogP contribution in [0.5, 0.6) is 0 Å². The molecule has 3 nitrogen and oxygen atoms in total. The van der Waals surface area contributed by atoms with E-state index in [2.05, 4.69) is 0 Å². The Hall–Kier alpha value is -0.780. The smallest absolute Gasteiger partial charge is 0.417 e. The van der Waals surface area contributed by atoms with Gasteiger partial charge < -0.3 is 10.2 Å². The fourth-order valence-corrected chi connectivity index (χ4v) is 1.63. The summed E-state index contributed by atoms with van der Waals surface area (Å²) in [6, 6.07) is 0. The molecule has 0 heterocycles. The molecular weight excluding hydrogens is 201 g/mol. The maximum Gasteiger partial charge on any atom is 0.417 e. The fraction of sp³-hybridized carbons (Fsp3) is 0.875. The number of carbonyl (C=O) groups is 1. The van der Waals surface area contributed by atoms with Crippen LogP contribution in [0.25, 0.3) is 0 Å². The van der Waals surface area contributed by atoms with Crippen LogP contribution < -0.4 is 0 Å². The van der Waals surface area contributed by atoms with E-state index in [-0.39, 0.29) is 12.8 Å². The lowest BCUT2D eigenvalue weighted by atomic mass is 9.78. The van der Waals surface area contributed by atoms with Crippen LogP contribution in [-0.4, -0.2) is 28.0 Å². The van der Waals surface area contributed by atoms with Gasteiger partial charge in [0.25, 0.3) is 0 Å². The summed E-state index contributed by atoms with van der Waals surface area (Å²) < 4.78 is 36.8. The third kappa shape index (κ3) is 2.00. The Balaban J connectivity index is 2.62. The Morgan fingerprint density at radius 2 is 1.71 bits per heavy atom. The molecule has 1 aliphatic carbocycles. The number of carboxylic acids is 1. The summed E-state index contributed by atoms with van der Waals surface area (Å²) in [7, 11) is 0. The van der Waals surface area contributed by atoms with Gasteiger partial charge >= 0.3 is 12.1 Å². The van der Waals surface area contributed by atoms with Gasteiger partial charge in [0.1, 0.15) is 0 Å². The molecule has 82 valence electrons. The van der Waals surface area contributed by atoms with Crippen molar-refractivity contribution in [1.82, 2.24) is 0 Å². The molecule has 1 aliphatic rings. The van der Waals surface area contributed by atoms with Gasteiger partial charge in [0.05, 0.1) is 5.92 Å². The number of carboxylic acid groups (broad SMARTS) is 1. The molecule has 0 radical (unpaired) electrons. The average molecular weight is 212 g/mol. The Kier molecular flexibility index (Phi) is 2.76. The van der Waals surface area contributed by atoms with Gasteiger partial charge in [-0.05, 0) is 25.7 Å². The number of rotatable bonds is 1. The Labute approximate surface area is 78.5 Å². The minimum Gasteiger partial charge on any atom is -0.481 e. The van der Waals surface area contributed by atoms with Crippen molar-refractivity contribution in [1.29, 1.82) is 0 Å². The molecule has 14 heavy (non-hydrogen) atoms. The lowest BCUT2D eigenvalue weighted by Gasteiger charge is -2.35. The highest BCUT2D eigenvalue weighted by atomic mass is 19.4. The molecule has 1 rings (SSSR count). The van der Waals surface area contributed by atoms with Crippen LogP contribution in [0.15, 0.2) is 0 Å². The highest BCUT2D eigenvalue weighted by Gasteiger charge is 2.55. The van der Waals surface area contributed by atoms with Crippen molar-refractivity contribution in [2.75, 3.05) is 0 Å². The summed E-state index contributed by atoms with van der Waals surface area (Å²) in [5, 5.41) is 17.7. The van der Waals surface area contributed by atoms with Gasteiger partial charge in [0.15, 0.2) is 5.60 Å². The summed E-state index contributed by atoms with van der Waals surface area (Å²) in [5.74, 6) is -1.84. The standard InChI is InChI=1S/C8H11F3O3/c9-8(10,11)7(14)3-1-5(2-4-7)6(12)13/h5,14H,1-4H2,(H,12,13)/t5-,7-. The van der Waals surface area contributed by atoms with E-state index in [0.717, 1.165) is 0 Å². The second-order valence-corrected chi connectivity index (χ2v) is 3.64. The van der Waals surface area contributed by atoms with E-state index in [1.165, 1.54) is 0 Å². The van der Waals surface area contributed by atoms with Crippen molar-refractivity contribution in [2.45, 2.75) is 37.5 Å². The molecule has 0 atom stereocenters. The van der Waals surface area contributed by atoms with Crippen molar-refractivity contribution >= 4 is 5.97 Å². The third-order valence-corrected chi connectivity index (χ3v) is 2.69. The zero-order chi connectivity index (χ0) is 11.0. The molecule has 0 aliphatic heterocycles. The number of alkyl halides is 3. The van der Waals surface area contributed by atoms with Crippen LogP contribution in [0, 0.1) is 5.92 Å². The maximum atomic E-state index is 12.3. The van der Waals surface area contributed by atoms with E-state index in [4.69, 9.17) is 5.11 Å². The second kappa shape index (κ2) is 3.42. The fourth-order valence-electron chi connectivity index (χ4n) is 1.63. The monoisotopic (exact) mass is 212 g/mol. The van der Waals surface area contributed by atoms with Gasteiger partial charge in [-0.3, -0.25) is 4.79 Å². The molecule has 0 saturated heterocycles. The van der Waals surface area contributed by atoms with Gasteiger partial charge in [0, 0.05) is 0 Å². The summed E-state index contributed by atoms with van der Waals surface area (Å²) >= 11 is 0. The van der Waals surface area contributed by atoms with Gasteiger partial charge in [-0.2, -0.15) is 13.2 Å². The van der Waals surface area contributed by atoms with Crippen LogP contribution in [0.4, 0.5) is 13.2 Å². The zero-order valence-electron chi connectivity index (χ0n) is 7.34. The van der Waals surface area contributed by atoms with E-state index < -0.39 is 36.5 Å². The first-order valence-electron chi connectivity index (χ1n) is 4.28. The molecule has 1 saturated carbocycles. The van der Waals surface area contributed by atoms with E-state index in [1.807, 2.05) is 0 Å². The zero-order valence-corrected chi connectivity index (χ0v) is 7.34. The van der Waals surface area contributed by atoms with Crippen molar-refractivity contribution in [3.8, 4) is 0 Å². The van der Waals surface area contributed by atoms with Gasteiger partial charge in [-0.25, -0.2) is 0 Å². The van der Waals surface area contributed by atoms with Crippen LogP contribution in [0.1, 0.15) is 25.7 Å². The Morgan fingerprint density at radius 1 is 1.29 bits per heavy atom. The number of aliphatic carboxylic acids is 1. The average Bonchev–Trinajstić information content (AvgIpc) is 2.03. The Morgan fingerprint density at radius 3 is 2.00 bits per heavy atom. The molecule has 0 aromatic heterocycles. The highest BCUT2D eigenvalue weighted by Crippen LogP contribution is 2.42. The molecule has 0 aromatic rings. The maximum absolute atomic E-state index is 12.3. The van der Waals surface area contributed by atoms with Gasteiger partial charge in [-0.15, -0.1) is 0 Å². The largest absolute Gasteiger partial charge is 0.481 e. The molecular formula is C8H11F3O3. The first-order chi connectivity index (χ1) is 6.26. The molecule has 2 N–H and O–H groups in total. The number of halogens is 3. The normalized spacial score (nSPS) is 34.1. The molecule has 0 spiro atoms. The lowest BCUT2D eigenvalue weighted by Crippen LogP contribution is -2.48. The molecule has 0 amide bonds. The molecule has 0 aromatic carbocycles. The molecule has 1 fully saturated rings. The van der Waals surface area contributed by atoms with Crippen LogP contribution in [-0.2, 0) is 4.79 Å². The summed E-state index contributed by atoms with van der Waals surface area (Å²) in [6.45, 7) is 0. The minimum atomic E-state index is -4.66. The van der Waals surface area contributed by atoms with Gasteiger partial charge in [0.2, 0.25) is 0 Å². The summed E-state index contributed by atoms with van der Waals surface area (Å²) in [5.41, 5.74) is -2.68. The van der Waals surface area contributed by atoms with Crippen LogP contribution in [0.3, 0.4) is 0 Å². The first-order valence-corrected chi connectivity index (χ1v) is 4.28. The molecule has 0 bridgehead atoms. The van der Waals surface area contributed by atoms with Crippen LogP contribution >= 0.6 is 0 Å². The number of hydrogen-bond donors (Lipinski definition) is 2. The quantitative estimate of drug-likeness (QED) is 0.693.